The molecule has 1 saturated heterocycles. The van der Waals surface area contributed by atoms with Crippen molar-refractivity contribution < 1.29 is 19.0 Å². The number of ether oxygens (including phenoxy) is 3. The van der Waals surface area contributed by atoms with Crippen molar-refractivity contribution in [3.05, 3.63) is 45.6 Å². The first-order valence-electron chi connectivity index (χ1n) is 10.8. The maximum absolute atomic E-state index is 13.5. The van der Waals surface area contributed by atoms with E-state index < -0.39 is 0 Å². The van der Waals surface area contributed by atoms with Crippen LogP contribution in [0.25, 0.3) is 10.9 Å². The van der Waals surface area contributed by atoms with Gasteiger partial charge in [-0.25, -0.2) is 4.98 Å². The summed E-state index contributed by atoms with van der Waals surface area (Å²) in [5, 5.41) is 2.94. The molecule has 0 radical (unpaired) electrons. The van der Waals surface area contributed by atoms with Gasteiger partial charge in [0, 0.05) is 50.8 Å². The Morgan fingerprint density at radius 1 is 1.22 bits per heavy atom. The van der Waals surface area contributed by atoms with Crippen LogP contribution in [0.3, 0.4) is 0 Å². The molecule has 168 valence electrons. The number of hydrogen-bond acceptors (Lipinski definition) is 7. The Kier molecular flexibility index (Phi) is 5.65. The molecule has 2 aliphatic heterocycles. The van der Waals surface area contributed by atoms with E-state index in [4.69, 9.17) is 19.2 Å². The van der Waals surface area contributed by atoms with Crippen molar-refractivity contribution in [3.8, 4) is 11.5 Å². The molecule has 0 unspecified atom stereocenters. The zero-order valence-corrected chi connectivity index (χ0v) is 19.4. The lowest BCUT2D eigenvalue weighted by molar-refractivity contribution is 0.0510. The van der Waals surface area contributed by atoms with Crippen molar-refractivity contribution in [2.45, 2.75) is 32.4 Å². The van der Waals surface area contributed by atoms with Gasteiger partial charge in [-0.05, 0) is 48.9 Å². The highest BCUT2D eigenvalue weighted by atomic mass is 32.1. The van der Waals surface area contributed by atoms with E-state index in [-0.39, 0.29) is 18.8 Å². The van der Waals surface area contributed by atoms with Crippen LogP contribution in [0.4, 0.5) is 5.82 Å². The Morgan fingerprint density at radius 3 is 2.72 bits per heavy atom. The summed E-state index contributed by atoms with van der Waals surface area (Å²) in [4.78, 5) is 23.1. The molecule has 4 heterocycles. The second kappa shape index (κ2) is 8.60. The maximum atomic E-state index is 13.5. The Labute approximate surface area is 191 Å². The third kappa shape index (κ3) is 4.00. The molecule has 1 amide bonds. The highest BCUT2D eigenvalue weighted by Crippen LogP contribution is 2.37. The van der Waals surface area contributed by atoms with Crippen LogP contribution in [0, 0.1) is 6.92 Å². The summed E-state index contributed by atoms with van der Waals surface area (Å²) >= 11 is 1.49. The first-order chi connectivity index (χ1) is 15.5. The Balaban J connectivity index is 1.53. The predicted molar refractivity (Wildman–Crippen MR) is 125 cm³/mol. The minimum Gasteiger partial charge on any atom is -0.454 e. The molecule has 5 rings (SSSR count). The highest BCUT2D eigenvalue weighted by molar-refractivity contribution is 7.12. The minimum absolute atomic E-state index is 0.0449. The lowest BCUT2D eigenvalue weighted by Gasteiger charge is -2.27. The molecule has 32 heavy (non-hydrogen) atoms. The SMILES string of the molecule is Cc1ccsc1C(=O)N(Cc1cc2cc3c(cc2nc1N(C)C)OCO3)C[C@H]1CCCO1. The summed E-state index contributed by atoms with van der Waals surface area (Å²) in [5.74, 6) is 2.32. The van der Waals surface area contributed by atoms with Gasteiger partial charge in [0.15, 0.2) is 11.5 Å². The van der Waals surface area contributed by atoms with Gasteiger partial charge < -0.3 is 24.0 Å². The second-order valence-corrected chi connectivity index (χ2v) is 9.43. The number of carbonyl (C=O) groups is 1. The van der Waals surface area contributed by atoms with E-state index in [1.807, 2.05) is 54.4 Å². The number of anilines is 1. The number of hydrogen-bond donors (Lipinski definition) is 0. The molecule has 1 atom stereocenters. The fourth-order valence-corrected chi connectivity index (χ4v) is 5.19. The number of nitrogens with zero attached hydrogens (tertiary/aromatic N) is 3. The van der Waals surface area contributed by atoms with Gasteiger partial charge in [0.2, 0.25) is 6.79 Å². The van der Waals surface area contributed by atoms with Crippen molar-refractivity contribution >= 4 is 34.0 Å². The topological polar surface area (TPSA) is 64.1 Å². The molecule has 2 aromatic heterocycles. The number of amides is 1. The molecule has 0 bridgehead atoms. The van der Waals surface area contributed by atoms with E-state index in [1.165, 1.54) is 11.3 Å². The molecule has 1 fully saturated rings. The fourth-order valence-electron chi connectivity index (χ4n) is 4.30. The number of rotatable bonds is 6. The van der Waals surface area contributed by atoms with Crippen molar-refractivity contribution in [1.29, 1.82) is 0 Å². The van der Waals surface area contributed by atoms with Crippen molar-refractivity contribution in [3.63, 3.8) is 0 Å². The number of aromatic nitrogens is 1. The molecule has 0 spiro atoms. The molecule has 0 N–H and O–H groups in total. The van der Waals surface area contributed by atoms with Crippen LogP contribution >= 0.6 is 11.3 Å². The van der Waals surface area contributed by atoms with Gasteiger partial charge in [0.05, 0.1) is 16.5 Å². The van der Waals surface area contributed by atoms with Crippen LogP contribution in [0.1, 0.15) is 33.6 Å². The Hall–Kier alpha value is -2.84. The first-order valence-corrected chi connectivity index (χ1v) is 11.7. The van der Waals surface area contributed by atoms with Gasteiger partial charge in [0.1, 0.15) is 5.82 Å². The van der Waals surface area contributed by atoms with Crippen molar-refractivity contribution in [1.82, 2.24) is 9.88 Å². The van der Waals surface area contributed by atoms with Gasteiger partial charge in [-0.3, -0.25) is 4.79 Å². The van der Waals surface area contributed by atoms with Crippen molar-refractivity contribution in [2.24, 2.45) is 0 Å². The van der Waals surface area contributed by atoms with Crippen LogP contribution < -0.4 is 14.4 Å². The van der Waals surface area contributed by atoms with Gasteiger partial charge in [0.25, 0.3) is 5.91 Å². The average Bonchev–Trinajstić information content (AvgIpc) is 3.52. The Morgan fingerprint density at radius 2 is 2.03 bits per heavy atom. The fraction of sp³-hybridized carbons (Fsp3) is 0.417. The average molecular weight is 454 g/mol. The van der Waals surface area contributed by atoms with E-state index in [0.717, 1.165) is 57.9 Å². The third-order valence-electron chi connectivity index (χ3n) is 5.94. The molecule has 3 aromatic rings. The Bertz CT molecular complexity index is 1150. The lowest BCUT2D eigenvalue weighted by atomic mass is 10.1. The lowest BCUT2D eigenvalue weighted by Crippen LogP contribution is -2.37. The van der Waals surface area contributed by atoms with Gasteiger partial charge in [-0.15, -0.1) is 11.3 Å². The molecule has 0 aliphatic carbocycles. The van der Waals surface area contributed by atoms with Crippen LogP contribution in [-0.4, -0.2) is 55.9 Å². The monoisotopic (exact) mass is 453 g/mol. The molecular formula is C24H27N3O4S. The van der Waals surface area contributed by atoms with E-state index >= 15 is 0 Å². The maximum Gasteiger partial charge on any atom is 0.264 e. The number of fused-ring (bicyclic) bond motifs is 2. The van der Waals surface area contributed by atoms with E-state index in [0.29, 0.717) is 18.8 Å². The van der Waals surface area contributed by atoms with E-state index in [9.17, 15) is 4.79 Å². The summed E-state index contributed by atoms with van der Waals surface area (Å²) < 4.78 is 16.9. The number of benzene rings is 1. The number of carbonyl (C=O) groups excluding carboxylic acids is 1. The van der Waals surface area contributed by atoms with Crippen LogP contribution in [-0.2, 0) is 11.3 Å². The second-order valence-electron chi connectivity index (χ2n) is 8.52. The summed E-state index contributed by atoms with van der Waals surface area (Å²) in [5.41, 5.74) is 2.84. The van der Waals surface area contributed by atoms with Crippen LogP contribution in [0.2, 0.25) is 0 Å². The normalized spacial score (nSPS) is 17.2. The number of aryl methyl sites for hydroxylation is 1. The zero-order valence-electron chi connectivity index (χ0n) is 18.6. The summed E-state index contributed by atoms with van der Waals surface area (Å²) in [6, 6.07) is 7.98. The molecule has 0 saturated carbocycles. The molecule has 7 nitrogen and oxygen atoms in total. The summed E-state index contributed by atoms with van der Waals surface area (Å²) in [6.07, 6.45) is 2.09. The largest absolute Gasteiger partial charge is 0.454 e. The third-order valence-corrected chi connectivity index (χ3v) is 6.95. The predicted octanol–water partition coefficient (Wildman–Crippen LogP) is 4.22. The van der Waals surface area contributed by atoms with Crippen LogP contribution in [0.5, 0.6) is 11.5 Å². The minimum atomic E-state index is 0.0449. The van der Waals surface area contributed by atoms with E-state index in [1.54, 1.807) is 0 Å². The molecule has 8 heteroatoms. The van der Waals surface area contributed by atoms with Gasteiger partial charge >= 0.3 is 0 Å². The van der Waals surface area contributed by atoms with Crippen molar-refractivity contribution in [2.75, 3.05) is 38.9 Å². The van der Waals surface area contributed by atoms with Gasteiger partial charge in [-0.2, -0.15) is 0 Å². The molecular weight excluding hydrogens is 426 g/mol. The van der Waals surface area contributed by atoms with Gasteiger partial charge in [-0.1, -0.05) is 0 Å². The first kappa shape index (κ1) is 21.0. The highest BCUT2D eigenvalue weighted by Gasteiger charge is 2.27. The molecule has 2 aliphatic rings. The number of thiophene rings is 1. The summed E-state index contributed by atoms with van der Waals surface area (Å²) in [6.45, 7) is 4.00. The van der Waals surface area contributed by atoms with Crippen LogP contribution in [0.15, 0.2) is 29.6 Å². The summed E-state index contributed by atoms with van der Waals surface area (Å²) in [7, 11) is 3.95. The van der Waals surface area contributed by atoms with E-state index in [2.05, 4.69) is 6.07 Å². The molecule has 1 aromatic carbocycles. The quantitative estimate of drug-likeness (QED) is 0.557. The standard InChI is InChI=1S/C24H27N3O4S/c1-15-6-8-32-22(15)24(28)27(13-18-5-4-7-29-18)12-17-9-16-10-20-21(31-14-30-20)11-19(16)25-23(17)26(2)3/h6,8-11,18H,4-5,7,12-14H2,1-3H3/t18-/m1/s1. The number of pyridine rings is 1. The smallest absolute Gasteiger partial charge is 0.264 e. The zero-order chi connectivity index (χ0) is 22.2.